The molecule has 0 saturated carbocycles. The van der Waals surface area contributed by atoms with E-state index in [1.54, 1.807) is 12.3 Å². The van der Waals surface area contributed by atoms with Crippen LogP contribution >= 0.6 is 0 Å². The van der Waals surface area contributed by atoms with Crippen LogP contribution in [0, 0.1) is 5.41 Å². The summed E-state index contributed by atoms with van der Waals surface area (Å²) >= 11 is 0. The molecular formula is C35H48F2N3O6Si+. The maximum absolute atomic E-state index is 15.2. The highest BCUT2D eigenvalue weighted by molar-refractivity contribution is 6.55. The second-order valence-corrected chi connectivity index (χ2v) is 16.5. The fourth-order valence-corrected chi connectivity index (χ4v) is 6.17. The number of alkyl carbamates (subject to hydrolysis) is 1. The Morgan fingerprint density at radius 1 is 1.19 bits per heavy atom. The number of ether oxygens (including phenoxy) is 1. The fraction of sp³-hybridized carbons (Fsp3) is 0.514. The van der Waals surface area contributed by atoms with Gasteiger partial charge in [-0.05, 0) is 49.0 Å². The minimum atomic E-state index is -1.74. The predicted molar refractivity (Wildman–Crippen MR) is 180 cm³/mol. The predicted octanol–water partition coefficient (Wildman–Crippen LogP) is 6.33. The fourth-order valence-electron chi connectivity index (χ4n) is 5.66. The van der Waals surface area contributed by atoms with Crippen molar-refractivity contribution in [2.45, 2.75) is 90.4 Å². The molecule has 2 amide bonds. The van der Waals surface area contributed by atoms with Gasteiger partial charge in [0.05, 0.1) is 19.1 Å². The molecule has 0 saturated heterocycles. The Morgan fingerprint density at radius 2 is 1.87 bits per heavy atom. The molecule has 3 atom stereocenters. The Bertz CT molecular complexity index is 1450. The average molecular weight is 673 g/mol. The van der Waals surface area contributed by atoms with Gasteiger partial charge in [0.25, 0.3) is 0 Å². The molecule has 1 unspecified atom stereocenters. The zero-order valence-electron chi connectivity index (χ0n) is 28.2. The number of halogens is 2. The van der Waals surface area contributed by atoms with Gasteiger partial charge in [-0.15, -0.1) is 0 Å². The van der Waals surface area contributed by atoms with Crippen molar-refractivity contribution in [3.05, 3.63) is 77.4 Å². The number of aliphatic hydroxyl groups is 1. The van der Waals surface area contributed by atoms with Crippen molar-refractivity contribution in [1.82, 2.24) is 14.8 Å². The molecule has 0 spiro atoms. The first-order chi connectivity index (χ1) is 22.0. The summed E-state index contributed by atoms with van der Waals surface area (Å²) < 4.78 is 37.3. The van der Waals surface area contributed by atoms with Crippen LogP contribution in [0.4, 0.5) is 13.6 Å². The lowest BCUT2D eigenvalue weighted by molar-refractivity contribution is -0.143. The van der Waals surface area contributed by atoms with Gasteiger partial charge in [-0.2, -0.15) is 0 Å². The van der Waals surface area contributed by atoms with E-state index in [0.717, 1.165) is 11.6 Å². The standard InChI is InChI=1S/C35H47F2N3O6Si/c1-34(2,3)31(40(30(42)23-41)17-14-28(32(43)44)38-33(45)46-18-19-47(5)6)29-20-25(26-21-35(4,37)15-12-27(26)36)22-39(29)16-13-24-10-8-7-9-11-24/h7-12,20-22,28,31,41H,13-19,23H2,1-6H3,(H-,38,43,44,45)/p+1/t28-,31-,35?/m0/s1. The zero-order chi connectivity index (χ0) is 34.9. The highest BCUT2D eigenvalue weighted by Crippen LogP contribution is 2.42. The molecule has 256 valence electrons. The van der Waals surface area contributed by atoms with E-state index in [1.807, 2.05) is 55.7 Å². The van der Waals surface area contributed by atoms with Gasteiger partial charge in [0.1, 0.15) is 36.8 Å². The summed E-state index contributed by atoms with van der Waals surface area (Å²) in [6, 6.07) is 10.1. The average Bonchev–Trinajstić information content (AvgIpc) is 3.40. The molecule has 12 heteroatoms. The van der Waals surface area contributed by atoms with Gasteiger partial charge in [0.2, 0.25) is 5.91 Å². The van der Waals surface area contributed by atoms with E-state index in [0.29, 0.717) is 24.2 Å². The van der Waals surface area contributed by atoms with Crippen LogP contribution in [0.3, 0.4) is 0 Å². The number of alkyl halides is 1. The molecule has 1 heterocycles. The smallest absolute Gasteiger partial charge is 0.407 e. The summed E-state index contributed by atoms with van der Waals surface area (Å²) in [4.78, 5) is 39.3. The summed E-state index contributed by atoms with van der Waals surface area (Å²) in [6.07, 6.45) is 3.75. The number of carboxylic acids is 1. The molecule has 3 rings (SSSR count). The molecule has 2 aromatic rings. The number of benzene rings is 1. The molecule has 1 aromatic carbocycles. The monoisotopic (exact) mass is 672 g/mol. The van der Waals surface area contributed by atoms with Crippen LogP contribution in [0.5, 0.6) is 0 Å². The van der Waals surface area contributed by atoms with Gasteiger partial charge >= 0.3 is 20.9 Å². The number of hydrogen-bond acceptors (Lipinski definition) is 5. The van der Waals surface area contributed by atoms with E-state index in [1.165, 1.54) is 24.0 Å². The van der Waals surface area contributed by atoms with E-state index >= 15 is 8.78 Å². The van der Waals surface area contributed by atoms with Crippen molar-refractivity contribution in [2.24, 2.45) is 5.41 Å². The van der Waals surface area contributed by atoms with Gasteiger partial charge in [-0.1, -0.05) is 51.1 Å². The van der Waals surface area contributed by atoms with E-state index in [9.17, 15) is 24.6 Å². The molecule has 0 aliphatic heterocycles. The number of amides is 2. The number of aromatic nitrogens is 1. The maximum atomic E-state index is 15.2. The Kier molecular flexibility index (Phi) is 13.1. The number of aliphatic carboxylic acids is 1. The van der Waals surface area contributed by atoms with Crippen LogP contribution < -0.4 is 5.32 Å². The van der Waals surface area contributed by atoms with Gasteiger partial charge in [0.15, 0.2) is 0 Å². The third kappa shape index (κ3) is 10.9. The van der Waals surface area contributed by atoms with Crippen LogP contribution in [0.25, 0.3) is 5.57 Å². The summed E-state index contributed by atoms with van der Waals surface area (Å²) in [5.74, 6) is -2.48. The second kappa shape index (κ2) is 16.4. The molecule has 0 bridgehead atoms. The van der Waals surface area contributed by atoms with Crippen molar-refractivity contribution >= 4 is 32.3 Å². The number of aryl methyl sites for hydroxylation is 2. The normalized spacial score (nSPS) is 17.6. The van der Waals surface area contributed by atoms with Crippen LogP contribution in [-0.4, -0.2) is 77.9 Å². The largest absolute Gasteiger partial charge is 0.480 e. The number of carbonyl (C=O) groups is 3. The van der Waals surface area contributed by atoms with Crippen LogP contribution in [0.15, 0.2) is 60.6 Å². The third-order valence-electron chi connectivity index (χ3n) is 8.06. The van der Waals surface area contributed by atoms with E-state index < -0.39 is 62.4 Å². The first-order valence-electron chi connectivity index (χ1n) is 15.9. The number of hydrogen-bond donors (Lipinski definition) is 3. The molecule has 9 nitrogen and oxygen atoms in total. The Labute approximate surface area is 277 Å². The minimum Gasteiger partial charge on any atom is -0.480 e. The van der Waals surface area contributed by atoms with E-state index in [-0.39, 0.29) is 31.6 Å². The van der Waals surface area contributed by atoms with E-state index in [4.69, 9.17) is 4.74 Å². The van der Waals surface area contributed by atoms with Crippen LogP contribution in [-0.2, 0) is 27.3 Å². The summed E-state index contributed by atoms with van der Waals surface area (Å²) in [7, 11) is -0.632. The lowest BCUT2D eigenvalue weighted by Gasteiger charge is -2.41. The van der Waals surface area contributed by atoms with Gasteiger partial charge in [-0.3, -0.25) is 4.79 Å². The maximum Gasteiger partial charge on any atom is 0.407 e. The van der Waals surface area contributed by atoms with Gasteiger partial charge in [0, 0.05) is 42.5 Å². The zero-order valence-corrected chi connectivity index (χ0v) is 29.2. The number of allylic oxidation sites excluding steroid dienone is 4. The molecular weight excluding hydrogens is 624 g/mol. The number of rotatable bonds is 15. The Hall–Kier alpha value is -3.77. The molecule has 0 radical (unpaired) electrons. The lowest BCUT2D eigenvalue weighted by Crippen LogP contribution is -2.48. The number of nitrogens with zero attached hydrogens (tertiary/aromatic N) is 2. The minimum absolute atomic E-state index is 0.0847. The van der Waals surface area contributed by atoms with Crippen molar-refractivity contribution in [3.63, 3.8) is 0 Å². The van der Waals surface area contributed by atoms with Crippen molar-refractivity contribution in [2.75, 3.05) is 19.8 Å². The summed E-state index contributed by atoms with van der Waals surface area (Å²) in [5.41, 5.74) is -0.189. The first kappa shape index (κ1) is 37.7. The lowest BCUT2D eigenvalue weighted by atomic mass is 9.82. The molecule has 3 N–H and O–H groups in total. The summed E-state index contributed by atoms with van der Waals surface area (Å²) in [6.45, 7) is 10.9. The topological polar surface area (TPSA) is 121 Å². The third-order valence-corrected chi connectivity index (χ3v) is 9.26. The van der Waals surface area contributed by atoms with E-state index in [2.05, 4.69) is 18.4 Å². The highest BCUT2D eigenvalue weighted by atomic mass is 28.3. The van der Waals surface area contributed by atoms with Crippen LogP contribution in [0.1, 0.15) is 63.4 Å². The number of carboxylic acid groups (broad SMARTS) is 1. The number of carbonyl (C=O) groups excluding carboxylic acids is 2. The number of aliphatic hydroxyl groups excluding tert-OH is 1. The highest BCUT2D eigenvalue weighted by Gasteiger charge is 2.38. The van der Waals surface area contributed by atoms with Crippen molar-refractivity contribution < 1.29 is 38.1 Å². The van der Waals surface area contributed by atoms with Crippen molar-refractivity contribution in [1.29, 1.82) is 0 Å². The SMILES string of the molecule is C[Si+](C)CCOC(=O)N[C@@H](CCN(C(=O)CO)[C@@H](c1cc(C2=CC(C)(F)CC=C2F)cn1CCc1ccccc1)C(C)(C)C)C(=O)O. The molecule has 1 aliphatic carbocycles. The second-order valence-electron chi connectivity index (χ2n) is 13.6. The molecule has 47 heavy (non-hydrogen) atoms. The molecule has 1 aromatic heterocycles. The van der Waals surface area contributed by atoms with Crippen LogP contribution in [0.2, 0.25) is 19.1 Å². The van der Waals surface area contributed by atoms with Crippen molar-refractivity contribution in [3.8, 4) is 0 Å². The number of nitrogens with one attached hydrogen (secondary N) is 1. The van der Waals surface area contributed by atoms with Gasteiger partial charge in [-0.25, -0.2) is 18.4 Å². The molecule has 0 fully saturated rings. The first-order valence-corrected chi connectivity index (χ1v) is 18.6. The molecule has 1 aliphatic rings. The van der Waals surface area contributed by atoms with Gasteiger partial charge < -0.3 is 29.7 Å². The Morgan fingerprint density at radius 3 is 2.47 bits per heavy atom. The Balaban J connectivity index is 2.02. The summed E-state index contributed by atoms with van der Waals surface area (Å²) in [5, 5.41) is 22.3. The quantitative estimate of drug-likeness (QED) is 0.190.